The highest BCUT2D eigenvalue weighted by atomic mass is 16.3. The Kier molecular flexibility index (Phi) is 2.49. The molecule has 1 heterocycles. The summed E-state index contributed by atoms with van der Waals surface area (Å²) in [6.07, 6.45) is 0.236. The van der Waals surface area contributed by atoms with E-state index in [1.54, 1.807) is 11.8 Å². The molecule has 0 aliphatic carbocycles. The van der Waals surface area contributed by atoms with Crippen LogP contribution in [0.4, 0.5) is 0 Å². The van der Waals surface area contributed by atoms with Gasteiger partial charge >= 0.3 is 0 Å². The third kappa shape index (κ3) is 2.36. The average Bonchev–Trinajstić information content (AvgIpc) is 2.41. The molecule has 0 radical (unpaired) electrons. The standard InChI is InChI=1S/C12H15NO2/c1-12(15)7-11(14)13(9-12)8-10-5-3-2-4-6-10/h2-6,15H,7-9H2,1H3. The average molecular weight is 205 g/mol. The number of aliphatic hydroxyl groups is 1. The zero-order valence-electron chi connectivity index (χ0n) is 8.81. The van der Waals surface area contributed by atoms with Crippen LogP contribution in [0.1, 0.15) is 18.9 Å². The van der Waals surface area contributed by atoms with Crippen LogP contribution < -0.4 is 0 Å². The fourth-order valence-electron chi connectivity index (χ4n) is 1.94. The maximum atomic E-state index is 11.6. The predicted octanol–water partition coefficient (Wildman–Crippen LogP) is 1.17. The topological polar surface area (TPSA) is 40.5 Å². The lowest BCUT2D eigenvalue weighted by Gasteiger charge is -2.18. The molecule has 0 bridgehead atoms. The van der Waals surface area contributed by atoms with E-state index in [9.17, 15) is 9.90 Å². The fraction of sp³-hybridized carbons (Fsp3) is 0.417. The van der Waals surface area contributed by atoms with Crippen molar-refractivity contribution >= 4 is 5.91 Å². The van der Waals surface area contributed by atoms with Crippen LogP contribution in [0.2, 0.25) is 0 Å². The van der Waals surface area contributed by atoms with E-state index in [2.05, 4.69) is 0 Å². The molecule has 1 saturated heterocycles. The third-order valence-electron chi connectivity index (χ3n) is 2.63. The van der Waals surface area contributed by atoms with Gasteiger partial charge in [0, 0.05) is 13.1 Å². The predicted molar refractivity (Wildman–Crippen MR) is 57.1 cm³/mol. The molecular formula is C12H15NO2. The van der Waals surface area contributed by atoms with Crippen molar-refractivity contribution in [2.75, 3.05) is 6.54 Å². The summed E-state index contributed by atoms with van der Waals surface area (Å²) in [6.45, 7) is 2.73. The highest BCUT2D eigenvalue weighted by molar-refractivity contribution is 5.79. The number of benzene rings is 1. The molecule has 1 aliphatic heterocycles. The zero-order chi connectivity index (χ0) is 10.9. The minimum Gasteiger partial charge on any atom is -0.388 e. The second kappa shape index (κ2) is 3.66. The molecule has 1 amide bonds. The highest BCUT2D eigenvalue weighted by Gasteiger charge is 2.37. The molecule has 1 N–H and O–H groups in total. The van der Waals surface area contributed by atoms with Gasteiger partial charge in [0.05, 0.1) is 12.0 Å². The van der Waals surface area contributed by atoms with Gasteiger partial charge in [0.2, 0.25) is 5.91 Å². The molecule has 1 aromatic rings. The fourth-order valence-corrected chi connectivity index (χ4v) is 1.94. The van der Waals surface area contributed by atoms with Gasteiger partial charge in [-0.1, -0.05) is 30.3 Å². The van der Waals surface area contributed by atoms with Crippen molar-refractivity contribution in [3.8, 4) is 0 Å². The minimum atomic E-state index is -0.855. The normalized spacial score (nSPS) is 26.0. The van der Waals surface area contributed by atoms with Crippen LogP contribution in [0.25, 0.3) is 0 Å². The molecule has 0 saturated carbocycles. The summed E-state index contributed by atoms with van der Waals surface area (Å²) < 4.78 is 0. The Hall–Kier alpha value is -1.35. The van der Waals surface area contributed by atoms with Crippen LogP contribution in [-0.4, -0.2) is 28.1 Å². The molecule has 1 fully saturated rings. The summed E-state index contributed by atoms with van der Waals surface area (Å²) in [5.41, 5.74) is 0.245. The van der Waals surface area contributed by atoms with Crippen molar-refractivity contribution in [1.82, 2.24) is 4.90 Å². The number of nitrogens with zero attached hydrogens (tertiary/aromatic N) is 1. The summed E-state index contributed by atoms with van der Waals surface area (Å²) in [5.74, 6) is 0.0313. The molecule has 15 heavy (non-hydrogen) atoms. The third-order valence-corrected chi connectivity index (χ3v) is 2.63. The first-order valence-corrected chi connectivity index (χ1v) is 5.11. The van der Waals surface area contributed by atoms with Gasteiger partial charge in [0.1, 0.15) is 0 Å². The Balaban J connectivity index is 2.05. The molecule has 1 unspecified atom stereocenters. The number of carbonyl (C=O) groups is 1. The van der Waals surface area contributed by atoms with E-state index >= 15 is 0 Å². The second-order valence-corrected chi connectivity index (χ2v) is 4.41. The summed E-state index contributed by atoms with van der Waals surface area (Å²) in [4.78, 5) is 13.3. The van der Waals surface area contributed by atoms with Gasteiger partial charge in [-0.15, -0.1) is 0 Å². The van der Waals surface area contributed by atoms with Gasteiger partial charge in [-0.05, 0) is 12.5 Å². The Labute approximate surface area is 89.3 Å². The molecular weight excluding hydrogens is 190 g/mol. The first kappa shape index (κ1) is 10.2. The van der Waals surface area contributed by atoms with Crippen LogP contribution in [0.3, 0.4) is 0 Å². The van der Waals surface area contributed by atoms with Crippen molar-refractivity contribution in [2.24, 2.45) is 0 Å². The molecule has 80 valence electrons. The first-order valence-electron chi connectivity index (χ1n) is 5.11. The van der Waals surface area contributed by atoms with E-state index in [1.807, 2.05) is 30.3 Å². The number of carbonyl (C=O) groups excluding carboxylic acids is 1. The number of amides is 1. The Morgan fingerprint density at radius 2 is 2.07 bits per heavy atom. The van der Waals surface area contributed by atoms with Gasteiger partial charge < -0.3 is 10.0 Å². The van der Waals surface area contributed by atoms with Gasteiger partial charge in [-0.25, -0.2) is 0 Å². The quantitative estimate of drug-likeness (QED) is 0.787. The van der Waals surface area contributed by atoms with E-state index in [1.165, 1.54) is 0 Å². The van der Waals surface area contributed by atoms with Gasteiger partial charge in [0.25, 0.3) is 0 Å². The van der Waals surface area contributed by atoms with Gasteiger partial charge in [-0.2, -0.15) is 0 Å². The largest absolute Gasteiger partial charge is 0.388 e. The van der Waals surface area contributed by atoms with E-state index in [4.69, 9.17) is 0 Å². The second-order valence-electron chi connectivity index (χ2n) is 4.41. The molecule has 0 spiro atoms. The highest BCUT2D eigenvalue weighted by Crippen LogP contribution is 2.23. The lowest BCUT2D eigenvalue weighted by Crippen LogP contribution is -2.30. The molecule has 3 nitrogen and oxygen atoms in total. The van der Waals surface area contributed by atoms with E-state index in [0.717, 1.165) is 5.56 Å². The molecule has 2 rings (SSSR count). The van der Waals surface area contributed by atoms with Crippen LogP contribution >= 0.6 is 0 Å². The summed E-state index contributed by atoms with van der Waals surface area (Å²) in [7, 11) is 0. The monoisotopic (exact) mass is 205 g/mol. The molecule has 1 atom stereocenters. The van der Waals surface area contributed by atoms with Crippen molar-refractivity contribution in [1.29, 1.82) is 0 Å². The van der Waals surface area contributed by atoms with Crippen molar-refractivity contribution in [3.63, 3.8) is 0 Å². The Bertz CT molecular complexity index is 359. The summed E-state index contributed by atoms with van der Waals surface area (Å²) in [6, 6.07) is 9.83. The van der Waals surface area contributed by atoms with Gasteiger partial charge in [-0.3, -0.25) is 4.79 Å². The van der Waals surface area contributed by atoms with Crippen LogP contribution in [0.15, 0.2) is 30.3 Å². The van der Waals surface area contributed by atoms with Crippen molar-refractivity contribution in [2.45, 2.75) is 25.5 Å². The number of likely N-dealkylation sites (tertiary alicyclic amines) is 1. The summed E-state index contributed by atoms with van der Waals surface area (Å²) in [5, 5.41) is 9.75. The molecule has 3 heteroatoms. The van der Waals surface area contributed by atoms with E-state index in [-0.39, 0.29) is 12.3 Å². The van der Waals surface area contributed by atoms with Crippen LogP contribution in [0, 0.1) is 0 Å². The molecule has 1 aromatic carbocycles. The van der Waals surface area contributed by atoms with Crippen LogP contribution in [0.5, 0.6) is 0 Å². The Morgan fingerprint density at radius 1 is 1.40 bits per heavy atom. The first-order chi connectivity index (χ1) is 7.07. The maximum Gasteiger partial charge on any atom is 0.225 e. The number of β-amino-alcohol motifs (C(OH)–C–C–N with tert-alkyl or cyclic N) is 1. The van der Waals surface area contributed by atoms with Crippen molar-refractivity contribution in [3.05, 3.63) is 35.9 Å². The lowest BCUT2D eigenvalue weighted by molar-refractivity contribution is -0.128. The molecule has 1 aliphatic rings. The number of hydrogen-bond acceptors (Lipinski definition) is 2. The van der Waals surface area contributed by atoms with Crippen LogP contribution in [-0.2, 0) is 11.3 Å². The minimum absolute atomic E-state index is 0.0313. The lowest BCUT2D eigenvalue weighted by atomic mass is 10.1. The summed E-state index contributed by atoms with van der Waals surface area (Å²) >= 11 is 0. The SMILES string of the molecule is CC1(O)CC(=O)N(Cc2ccccc2)C1. The maximum absolute atomic E-state index is 11.6. The van der Waals surface area contributed by atoms with E-state index < -0.39 is 5.60 Å². The number of rotatable bonds is 2. The Morgan fingerprint density at radius 3 is 2.60 bits per heavy atom. The smallest absolute Gasteiger partial charge is 0.225 e. The zero-order valence-corrected chi connectivity index (χ0v) is 8.81. The number of hydrogen-bond donors (Lipinski definition) is 1. The van der Waals surface area contributed by atoms with Gasteiger partial charge in [0.15, 0.2) is 0 Å². The van der Waals surface area contributed by atoms with Crippen molar-refractivity contribution < 1.29 is 9.90 Å². The van der Waals surface area contributed by atoms with E-state index in [0.29, 0.717) is 13.1 Å². The molecule has 0 aromatic heterocycles.